The third kappa shape index (κ3) is 2.19. The highest BCUT2D eigenvalue weighted by atomic mass is 35.5. The van der Waals surface area contributed by atoms with Gasteiger partial charge < -0.3 is 0 Å². The van der Waals surface area contributed by atoms with Gasteiger partial charge in [0.1, 0.15) is 11.4 Å². The molecule has 0 bridgehead atoms. The van der Waals surface area contributed by atoms with Crippen LogP contribution < -0.4 is 0 Å². The first-order valence-electron chi connectivity index (χ1n) is 3.58. The SMILES string of the molecule is Cc1cc(C(F)F)nc(C(=O)Cl)c1Cl. The van der Waals surface area contributed by atoms with E-state index in [2.05, 4.69) is 4.98 Å². The average molecular weight is 240 g/mol. The van der Waals surface area contributed by atoms with Gasteiger partial charge in [0.15, 0.2) is 0 Å². The normalized spacial score (nSPS) is 10.7. The number of nitrogens with zero attached hydrogens (tertiary/aromatic N) is 1. The molecule has 0 atom stereocenters. The van der Waals surface area contributed by atoms with E-state index in [1.165, 1.54) is 6.92 Å². The van der Waals surface area contributed by atoms with Crippen molar-refractivity contribution in [2.45, 2.75) is 13.3 Å². The number of hydrogen-bond donors (Lipinski definition) is 0. The molecule has 1 aromatic rings. The number of carbonyl (C=O) groups excluding carboxylic acids is 1. The molecule has 6 heteroatoms. The molecule has 14 heavy (non-hydrogen) atoms. The summed E-state index contributed by atoms with van der Waals surface area (Å²) in [6, 6.07) is 1.12. The van der Waals surface area contributed by atoms with Crippen molar-refractivity contribution >= 4 is 28.4 Å². The minimum Gasteiger partial charge on any atom is -0.274 e. The molecule has 1 heterocycles. The van der Waals surface area contributed by atoms with Gasteiger partial charge in [0.2, 0.25) is 0 Å². The van der Waals surface area contributed by atoms with Crippen LogP contribution in [-0.4, -0.2) is 10.2 Å². The molecule has 0 aliphatic carbocycles. The van der Waals surface area contributed by atoms with Gasteiger partial charge in [0.25, 0.3) is 11.7 Å². The third-order valence-corrected chi connectivity index (χ3v) is 2.23. The minimum atomic E-state index is -2.75. The van der Waals surface area contributed by atoms with E-state index in [9.17, 15) is 13.6 Å². The largest absolute Gasteiger partial charge is 0.280 e. The second-order valence-corrected chi connectivity index (χ2v) is 3.32. The molecular weight excluding hydrogens is 235 g/mol. The Bertz CT molecular complexity index is 382. The van der Waals surface area contributed by atoms with Crippen LogP contribution in [0.1, 0.15) is 28.2 Å². The maximum absolute atomic E-state index is 12.3. The van der Waals surface area contributed by atoms with Crippen LogP contribution in [-0.2, 0) is 0 Å². The predicted octanol–water partition coefficient (Wildman–Crippen LogP) is 3.36. The van der Waals surface area contributed by atoms with Crippen molar-refractivity contribution in [3.63, 3.8) is 0 Å². The summed E-state index contributed by atoms with van der Waals surface area (Å²) in [5, 5.41) is -0.935. The lowest BCUT2D eigenvalue weighted by molar-refractivity contribution is 0.107. The van der Waals surface area contributed by atoms with Crippen LogP contribution in [0.25, 0.3) is 0 Å². The molecule has 76 valence electrons. The summed E-state index contributed by atoms with van der Waals surface area (Å²) >= 11 is 10.8. The van der Waals surface area contributed by atoms with Crippen LogP contribution in [0, 0.1) is 6.92 Å². The highest BCUT2D eigenvalue weighted by molar-refractivity contribution is 6.68. The monoisotopic (exact) mass is 239 g/mol. The molecule has 0 unspecified atom stereocenters. The molecule has 0 aliphatic rings. The first-order chi connectivity index (χ1) is 6.43. The van der Waals surface area contributed by atoms with Crippen molar-refractivity contribution in [2.75, 3.05) is 0 Å². The Morgan fingerprint density at radius 1 is 1.57 bits per heavy atom. The van der Waals surface area contributed by atoms with Crippen LogP contribution in [0.2, 0.25) is 5.02 Å². The number of rotatable bonds is 2. The van der Waals surface area contributed by atoms with Crippen LogP contribution in [0.4, 0.5) is 8.78 Å². The van der Waals surface area contributed by atoms with Gasteiger partial charge in [-0.25, -0.2) is 13.8 Å². The average Bonchev–Trinajstić information content (AvgIpc) is 2.08. The van der Waals surface area contributed by atoms with E-state index in [1.54, 1.807) is 0 Å². The molecule has 0 fully saturated rings. The molecule has 1 aromatic heterocycles. The zero-order valence-electron chi connectivity index (χ0n) is 7.02. The summed E-state index contributed by atoms with van der Waals surface area (Å²) in [5.41, 5.74) is -0.486. The van der Waals surface area contributed by atoms with Crippen molar-refractivity contribution in [3.05, 3.63) is 28.0 Å². The number of alkyl halides is 2. The van der Waals surface area contributed by atoms with E-state index in [0.29, 0.717) is 5.56 Å². The van der Waals surface area contributed by atoms with Crippen molar-refractivity contribution in [2.24, 2.45) is 0 Å². The maximum Gasteiger partial charge on any atom is 0.280 e. The number of pyridine rings is 1. The molecule has 0 amide bonds. The molecular formula is C8H5Cl2F2NO. The second kappa shape index (κ2) is 4.19. The highest BCUT2D eigenvalue weighted by Crippen LogP contribution is 2.25. The standard InChI is InChI=1S/C8H5Cl2F2NO/c1-3-2-4(8(11)12)13-6(5(3)9)7(10)14/h2,8H,1H3. The van der Waals surface area contributed by atoms with Gasteiger partial charge in [0.05, 0.1) is 5.02 Å². The maximum atomic E-state index is 12.3. The Labute approximate surface area is 88.8 Å². The first kappa shape index (κ1) is 11.3. The molecule has 0 aliphatic heterocycles. The van der Waals surface area contributed by atoms with Crippen LogP contribution in [0.15, 0.2) is 6.07 Å². The lowest BCUT2D eigenvalue weighted by atomic mass is 10.2. The highest BCUT2D eigenvalue weighted by Gasteiger charge is 2.17. The van der Waals surface area contributed by atoms with Crippen molar-refractivity contribution in [1.82, 2.24) is 4.98 Å². The molecule has 0 radical (unpaired) electrons. The fourth-order valence-corrected chi connectivity index (χ4v) is 1.29. The zero-order chi connectivity index (χ0) is 10.9. The van der Waals surface area contributed by atoms with Gasteiger partial charge in [-0.15, -0.1) is 0 Å². The van der Waals surface area contributed by atoms with E-state index in [0.717, 1.165) is 6.07 Å². The molecule has 0 saturated carbocycles. The fourth-order valence-electron chi connectivity index (χ4n) is 0.924. The summed E-state index contributed by atoms with van der Waals surface area (Å²) in [6.07, 6.45) is -2.75. The molecule has 0 saturated heterocycles. The van der Waals surface area contributed by atoms with E-state index in [4.69, 9.17) is 23.2 Å². The van der Waals surface area contributed by atoms with Gasteiger partial charge in [-0.3, -0.25) is 4.79 Å². The Balaban J connectivity index is 3.35. The Hall–Kier alpha value is -0.740. The van der Waals surface area contributed by atoms with Gasteiger partial charge in [0, 0.05) is 0 Å². The quantitative estimate of drug-likeness (QED) is 0.742. The molecule has 0 spiro atoms. The summed E-state index contributed by atoms with van der Waals surface area (Å²) in [5.74, 6) is 0. The molecule has 0 aromatic carbocycles. The van der Waals surface area contributed by atoms with Crippen LogP contribution >= 0.6 is 23.2 Å². The smallest absolute Gasteiger partial charge is 0.274 e. The van der Waals surface area contributed by atoms with E-state index in [1.807, 2.05) is 0 Å². The third-order valence-electron chi connectivity index (χ3n) is 1.57. The number of aryl methyl sites for hydroxylation is 1. The number of halogens is 4. The molecule has 1 rings (SSSR count). The van der Waals surface area contributed by atoms with Gasteiger partial charge in [-0.05, 0) is 30.2 Å². The van der Waals surface area contributed by atoms with Gasteiger partial charge in [-0.2, -0.15) is 0 Å². The minimum absolute atomic E-state index is 0.00870. The molecule has 0 N–H and O–H groups in total. The number of aromatic nitrogens is 1. The topological polar surface area (TPSA) is 30.0 Å². The predicted molar refractivity (Wildman–Crippen MR) is 49.1 cm³/mol. The summed E-state index contributed by atoms with van der Waals surface area (Å²) in [7, 11) is 0. The zero-order valence-corrected chi connectivity index (χ0v) is 8.53. The number of carbonyl (C=O) groups is 1. The Morgan fingerprint density at radius 3 is 2.57 bits per heavy atom. The lowest BCUT2D eigenvalue weighted by Crippen LogP contribution is -2.02. The Kier molecular flexibility index (Phi) is 3.39. The molecule has 2 nitrogen and oxygen atoms in total. The fraction of sp³-hybridized carbons (Fsp3) is 0.250. The summed E-state index contributed by atoms with van der Waals surface area (Å²) < 4.78 is 24.5. The summed E-state index contributed by atoms with van der Waals surface area (Å²) in [6.45, 7) is 1.50. The lowest BCUT2D eigenvalue weighted by Gasteiger charge is -2.05. The van der Waals surface area contributed by atoms with Crippen molar-refractivity contribution in [3.8, 4) is 0 Å². The Morgan fingerprint density at radius 2 is 2.14 bits per heavy atom. The van der Waals surface area contributed by atoms with Gasteiger partial charge in [-0.1, -0.05) is 11.6 Å². The summed E-state index contributed by atoms with van der Waals surface area (Å²) in [4.78, 5) is 14.1. The van der Waals surface area contributed by atoms with E-state index < -0.39 is 17.4 Å². The first-order valence-corrected chi connectivity index (χ1v) is 4.34. The van der Waals surface area contributed by atoms with Crippen LogP contribution in [0.3, 0.4) is 0 Å². The van der Waals surface area contributed by atoms with Crippen LogP contribution in [0.5, 0.6) is 0 Å². The van der Waals surface area contributed by atoms with Crippen molar-refractivity contribution in [1.29, 1.82) is 0 Å². The number of hydrogen-bond acceptors (Lipinski definition) is 2. The van der Waals surface area contributed by atoms with E-state index in [-0.39, 0.29) is 10.7 Å². The second-order valence-electron chi connectivity index (χ2n) is 2.60. The van der Waals surface area contributed by atoms with E-state index >= 15 is 0 Å². The van der Waals surface area contributed by atoms with Gasteiger partial charge >= 0.3 is 0 Å². The van der Waals surface area contributed by atoms with Crippen molar-refractivity contribution < 1.29 is 13.6 Å².